The first-order valence-corrected chi connectivity index (χ1v) is 11.1. The Bertz CT molecular complexity index is 895. The highest BCUT2D eigenvalue weighted by Crippen LogP contribution is 2.30. The minimum atomic E-state index is -0.00531. The van der Waals surface area contributed by atoms with E-state index in [1.54, 1.807) is 0 Å². The van der Waals surface area contributed by atoms with Crippen LogP contribution in [0.5, 0.6) is 0 Å². The molecule has 2 heterocycles. The topological polar surface area (TPSA) is 71.0 Å². The maximum Gasteiger partial charge on any atom is 0.272 e. The molecule has 2 aliphatic carbocycles. The Kier molecular flexibility index (Phi) is 4.99. The smallest absolute Gasteiger partial charge is 0.272 e. The first kappa shape index (κ1) is 18.3. The highest BCUT2D eigenvalue weighted by atomic mass is 79.9. The number of nitrogens with one attached hydrogen (secondary N) is 3. The van der Waals surface area contributed by atoms with Gasteiger partial charge in [-0.1, -0.05) is 22.0 Å². The molecule has 1 saturated carbocycles. The summed E-state index contributed by atoms with van der Waals surface area (Å²) in [5.74, 6) is 0.599. The molecule has 1 aromatic heterocycles. The van der Waals surface area contributed by atoms with Crippen LogP contribution < -0.4 is 16.2 Å². The lowest BCUT2D eigenvalue weighted by Crippen LogP contribution is -2.44. The fourth-order valence-electron chi connectivity index (χ4n) is 4.99. The number of benzene rings is 1. The minimum Gasteiger partial charge on any atom is -0.348 e. The summed E-state index contributed by atoms with van der Waals surface area (Å²) in [5, 5.41) is 8.09. The first-order valence-electron chi connectivity index (χ1n) is 10.3. The predicted molar refractivity (Wildman–Crippen MR) is 111 cm³/mol. The van der Waals surface area contributed by atoms with Gasteiger partial charge >= 0.3 is 0 Å². The molecule has 2 aromatic rings. The summed E-state index contributed by atoms with van der Waals surface area (Å²) in [4.78, 5) is 13.2. The van der Waals surface area contributed by atoms with Crippen LogP contribution in [0.3, 0.4) is 0 Å². The van der Waals surface area contributed by atoms with Crippen molar-refractivity contribution in [2.45, 2.75) is 57.0 Å². The second kappa shape index (κ2) is 7.61. The molecule has 0 radical (unpaired) electrons. The van der Waals surface area contributed by atoms with Gasteiger partial charge < -0.3 is 5.32 Å². The summed E-state index contributed by atoms with van der Waals surface area (Å²) < 4.78 is 3.00. The maximum absolute atomic E-state index is 13.2. The van der Waals surface area contributed by atoms with E-state index in [0.29, 0.717) is 17.7 Å². The zero-order chi connectivity index (χ0) is 19.1. The number of aromatic nitrogens is 2. The Labute approximate surface area is 173 Å². The SMILES string of the molecule is O=C(NC1CCC2NNCC2C1)c1nn(-c2cccc(Br)c2)c2c1CCCC2. The van der Waals surface area contributed by atoms with Crippen LogP contribution in [0.15, 0.2) is 28.7 Å². The third-order valence-electron chi connectivity index (χ3n) is 6.42. The minimum absolute atomic E-state index is 0.00531. The molecule has 0 bridgehead atoms. The van der Waals surface area contributed by atoms with Gasteiger partial charge in [-0.2, -0.15) is 5.10 Å². The Morgan fingerprint density at radius 2 is 2.14 bits per heavy atom. The highest BCUT2D eigenvalue weighted by Gasteiger charge is 2.35. The normalized spacial score (nSPS) is 26.5. The number of hydrogen-bond donors (Lipinski definition) is 3. The molecular formula is C21H26BrN5O. The van der Waals surface area contributed by atoms with Crippen LogP contribution >= 0.6 is 15.9 Å². The van der Waals surface area contributed by atoms with E-state index in [2.05, 4.69) is 44.2 Å². The second-order valence-corrected chi connectivity index (χ2v) is 9.16. The van der Waals surface area contributed by atoms with E-state index in [4.69, 9.17) is 5.10 Å². The van der Waals surface area contributed by atoms with E-state index in [9.17, 15) is 4.79 Å². The molecule has 148 valence electrons. The monoisotopic (exact) mass is 443 g/mol. The third kappa shape index (κ3) is 3.40. The van der Waals surface area contributed by atoms with Crippen LogP contribution in [0.25, 0.3) is 5.69 Å². The Balaban J connectivity index is 1.41. The maximum atomic E-state index is 13.2. The van der Waals surface area contributed by atoms with Crippen molar-refractivity contribution in [3.05, 3.63) is 45.7 Å². The van der Waals surface area contributed by atoms with Crippen LogP contribution in [-0.4, -0.2) is 34.3 Å². The largest absolute Gasteiger partial charge is 0.348 e. The van der Waals surface area contributed by atoms with Crippen molar-refractivity contribution < 1.29 is 4.79 Å². The molecule has 1 aliphatic heterocycles. The van der Waals surface area contributed by atoms with Gasteiger partial charge in [-0.05, 0) is 69.1 Å². The predicted octanol–water partition coefficient (Wildman–Crippen LogP) is 2.89. The van der Waals surface area contributed by atoms with Crippen molar-refractivity contribution in [3.63, 3.8) is 0 Å². The zero-order valence-electron chi connectivity index (χ0n) is 15.9. The van der Waals surface area contributed by atoms with Crippen LogP contribution in [0, 0.1) is 5.92 Å². The van der Waals surface area contributed by atoms with Crippen molar-refractivity contribution in [1.29, 1.82) is 0 Å². The summed E-state index contributed by atoms with van der Waals surface area (Å²) in [5.41, 5.74) is 10.6. The molecule has 1 amide bonds. The zero-order valence-corrected chi connectivity index (χ0v) is 17.5. The Morgan fingerprint density at radius 1 is 1.25 bits per heavy atom. The van der Waals surface area contributed by atoms with Gasteiger partial charge in [-0.3, -0.25) is 15.6 Å². The Hall–Kier alpha value is -1.70. The lowest BCUT2D eigenvalue weighted by atomic mass is 9.83. The molecule has 3 unspecified atom stereocenters. The van der Waals surface area contributed by atoms with Gasteiger partial charge in [0.05, 0.1) is 5.69 Å². The van der Waals surface area contributed by atoms with Crippen molar-refractivity contribution in [3.8, 4) is 5.69 Å². The molecule has 3 N–H and O–H groups in total. The van der Waals surface area contributed by atoms with Crippen molar-refractivity contribution in [2.24, 2.45) is 5.92 Å². The van der Waals surface area contributed by atoms with Crippen molar-refractivity contribution >= 4 is 21.8 Å². The summed E-state index contributed by atoms with van der Waals surface area (Å²) in [6, 6.07) is 8.93. The second-order valence-electron chi connectivity index (χ2n) is 8.25. The van der Waals surface area contributed by atoms with Gasteiger partial charge in [0, 0.05) is 34.4 Å². The lowest BCUT2D eigenvalue weighted by molar-refractivity contribution is 0.0911. The third-order valence-corrected chi connectivity index (χ3v) is 6.91. The number of amides is 1. The van der Waals surface area contributed by atoms with Gasteiger partial charge in [0.1, 0.15) is 0 Å². The number of nitrogens with zero attached hydrogens (tertiary/aromatic N) is 2. The number of fused-ring (bicyclic) bond motifs is 2. The van der Waals surface area contributed by atoms with E-state index in [-0.39, 0.29) is 11.9 Å². The molecule has 3 aliphatic rings. The molecule has 1 saturated heterocycles. The van der Waals surface area contributed by atoms with Crippen LogP contribution in [-0.2, 0) is 12.8 Å². The fraction of sp³-hybridized carbons (Fsp3) is 0.524. The molecule has 6 nitrogen and oxygen atoms in total. The highest BCUT2D eigenvalue weighted by molar-refractivity contribution is 9.10. The molecule has 28 heavy (non-hydrogen) atoms. The molecule has 0 spiro atoms. The van der Waals surface area contributed by atoms with E-state index >= 15 is 0 Å². The lowest BCUT2D eigenvalue weighted by Gasteiger charge is -2.31. The first-order chi connectivity index (χ1) is 13.7. The number of hydrazine groups is 1. The average molecular weight is 444 g/mol. The van der Waals surface area contributed by atoms with E-state index < -0.39 is 0 Å². The van der Waals surface area contributed by atoms with Gasteiger partial charge in [0.25, 0.3) is 5.91 Å². The fourth-order valence-corrected chi connectivity index (χ4v) is 5.38. The van der Waals surface area contributed by atoms with Crippen molar-refractivity contribution in [1.82, 2.24) is 25.9 Å². The molecule has 3 atom stereocenters. The molecule has 5 rings (SSSR count). The number of carbonyl (C=O) groups is 1. The molecule has 2 fully saturated rings. The number of carbonyl (C=O) groups excluding carboxylic acids is 1. The number of rotatable bonds is 3. The number of hydrogen-bond acceptors (Lipinski definition) is 4. The molecule has 1 aromatic carbocycles. The summed E-state index contributed by atoms with van der Waals surface area (Å²) >= 11 is 3.55. The van der Waals surface area contributed by atoms with Crippen LogP contribution in [0.2, 0.25) is 0 Å². The number of halogens is 1. The summed E-state index contributed by atoms with van der Waals surface area (Å²) in [6.45, 7) is 0.990. The van der Waals surface area contributed by atoms with Crippen molar-refractivity contribution in [2.75, 3.05) is 6.54 Å². The van der Waals surface area contributed by atoms with Gasteiger partial charge in [0.15, 0.2) is 5.69 Å². The van der Waals surface area contributed by atoms with E-state index in [1.807, 2.05) is 16.8 Å². The van der Waals surface area contributed by atoms with Gasteiger partial charge in [0.2, 0.25) is 0 Å². The van der Waals surface area contributed by atoms with Gasteiger partial charge in [-0.25, -0.2) is 4.68 Å². The quantitative estimate of drug-likeness (QED) is 0.681. The summed E-state index contributed by atoms with van der Waals surface area (Å²) in [7, 11) is 0. The van der Waals surface area contributed by atoms with E-state index in [0.717, 1.165) is 67.2 Å². The van der Waals surface area contributed by atoms with Gasteiger partial charge in [-0.15, -0.1) is 0 Å². The standard InChI is InChI=1S/C21H26BrN5O/c22-14-4-3-5-16(11-14)27-19-7-2-1-6-17(19)20(26-27)21(28)24-15-8-9-18-13(10-15)12-23-25-18/h3-5,11,13,15,18,23,25H,1-2,6-10,12H2,(H,24,28). The van der Waals surface area contributed by atoms with Crippen LogP contribution in [0.1, 0.15) is 53.8 Å². The molecule has 7 heteroatoms. The Morgan fingerprint density at radius 3 is 3.04 bits per heavy atom. The summed E-state index contributed by atoms with van der Waals surface area (Å²) in [6.07, 6.45) is 7.36. The molecular weight excluding hydrogens is 418 g/mol. The van der Waals surface area contributed by atoms with Crippen LogP contribution in [0.4, 0.5) is 0 Å². The average Bonchev–Trinajstić information content (AvgIpc) is 3.32. The van der Waals surface area contributed by atoms with E-state index in [1.165, 1.54) is 5.69 Å².